The number of guanidine groups is 1. The van der Waals surface area contributed by atoms with Gasteiger partial charge < -0.3 is 15.0 Å². The Morgan fingerprint density at radius 1 is 1.45 bits per heavy atom. The highest BCUT2D eigenvalue weighted by atomic mass is 127. The van der Waals surface area contributed by atoms with Crippen molar-refractivity contribution in [2.45, 2.75) is 33.2 Å². The summed E-state index contributed by atoms with van der Waals surface area (Å²) in [6, 6.07) is 6.33. The Morgan fingerprint density at radius 3 is 2.86 bits per heavy atom. The third-order valence-electron chi connectivity index (χ3n) is 4.09. The number of nitrogens with zero attached hydrogens (tertiary/aromatic N) is 2. The van der Waals surface area contributed by atoms with Crippen molar-refractivity contribution in [2.75, 3.05) is 27.2 Å². The maximum absolute atomic E-state index is 5.38. The summed E-state index contributed by atoms with van der Waals surface area (Å²) in [6.07, 6.45) is 2.57. The lowest BCUT2D eigenvalue weighted by atomic mass is 10.0. The normalized spacial score (nSPS) is 18.6. The maximum Gasteiger partial charge on any atom is 0.193 e. The van der Waals surface area contributed by atoms with Crippen LogP contribution in [0, 0.1) is 12.8 Å². The molecule has 1 aliphatic heterocycles. The number of hydrogen-bond donors (Lipinski definition) is 1. The average Bonchev–Trinajstić information content (AvgIpc) is 2.49. The molecule has 2 rings (SSSR count). The standard InChI is InChI=1S/C17H27N3O.HI/c1-13-6-5-9-20(12-13)17(18-3)19-11-15-8-7-14(2)16(10-15)21-4;/h7-8,10,13H,5-6,9,11-12H2,1-4H3,(H,18,19);1H. The number of halogens is 1. The van der Waals surface area contributed by atoms with Gasteiger partial charge in [-0.15, -0.1) is 24.0 Å². The van der Waals surface area contributed by atoms with Gasteiger partial charge in [-0.1, -0.05) is 19.1 Å². The smallest absolute Gasteiger partial charge is 0.193 e. The molecular weight excluding hydrogens is 389 g/mol. The summed E-state index contributed by atoms with van der Waals surface area (Å²) >= 11 is 0. The molecule has 4 nitrogen and oxygen atoms in total. The van der Waals surface area contributed by atoms with Crippen LogP contribution >= 0.6 is 24.0 Å². The average molecular weight is 417 g/mol. The first-order valence-corrected chi connectivity index (χ1v) is 7.73. The van der Waals surface area contributed by atoms with Crippen LogP contribution < -0.4 is 10.1 Å². The van der Waals surface area contributed by atoms with E-state index < -0.39 is 0 Å². The Morgan fingerprint density at radius 2 is 2.23 bits per heavy atom. The zero-order chi connectivity index (χ0) is 15.2. The van der Waals surface area contributed by atoms with Crippen molar-refractivity contribution >= 4 is 29.9 Å². The molecule has 1 heterocycles. The molecule has 0 spiro atoms. The van der Waals surface area contributed by atoms with Gasteiger partial charge in [-0.25, -0.2) is 0 Å². The maximum atomic E-state index is 5.38. The van der Waals surface area contributed by atoms with Crippen LogP contribution in [0.25, 0.3) is 0 Å². The molecule has 0 saturated carbocycles. The number of piperidine rings is 1. The van der Waals surface area contributed by atoms with Crippen LogP contribution in [0.4, 0.5) is 0 Å². The molecule has 1 aromatic rings. The van der Waals surface area contributed by atoms with Crippen molar-refractivity contribution in [3.8, 4) is 5.75 Å². The van der Waals surface area contributed by atoms with Gasteiger partial charge in [0.15, 0.2) is 5.96 Å². The minimum Gasteiger partial charge on any atom is -0.496 e. The summed E-state index contributed by atoms with van der Waals surface area (Å²) in [5.41, 5.74) is 2.37. The number of nitrogens with one attached hydrogen (secondary N) is 1. The van der Waals surface area contributed by atoms with E-state index in [1.165, 1.54) is 18.4 Å². The Labute approximate surface area is 151 Å². The first kappa shape index (κ1) is 19.1. The number of likely N-dealkylation sites (tertiary alicyclic amines) is 1. The van der Waals surface area contributed by atoms with E-state index in [9.17, 15) is 0 Å². The fourth-order valence-corrected chi connectivity index (χ4v) is 2.87. The topological polar surface area (TPSA) is 36.9 Å². The third-order valence-corrected chi connectivity index (χ3v) is 4.09. The van der Waals surface area contributed by atoms with E-state index in [0.717, 1.165) is 42.8 Å². The van der Waals surface area contributed by atoms with Crippen molar-refractivity contribution in [3.05, 3.63) is 29.3 Å². The quantitative estimate of drug-likeness (QED) is 0.465. The predicted octanol–water partition coefficient (Wildman–Crippen LogP) is 3.43. The highest BCUT2D eigenvalue weighted by molar-refractivity contribution is 14.0. The van der Waals surface area contributed by atoms with Gasteiger partial charge in [-0.2, -0.15) is 0 Å². The highest BCUT2D eigenvalue weighted by Crippen LogP contribution is 2.19. The second-order valence-electron chi connectivity index (χ2n) is 5.90. The fourth-order valence-electron chi connectivity index (χ4n) is 2.87. The molecule has 0 radical (unpaired) electrons. The van der Waals surface area contributed by atoms with Crippen LogP contribution in [0.2, 0.25) is 0 Å². The van der Waals surface area contributed by atoms with Gasteiger partial charge in [0.1, 0.15) is 5.75 Å². The molecular formula is C17H28IN3O. The van der Waals surface area contributed by atoms with E-state index in [-0.39, 0.29) is 24.0 Å². The lowest BCUT2D eigenvalue weighted by molar-refractivity contribution is 0.266. The van der Waals surface area contributed by atoms with E-state index in [1.807, 2.05) is 7.05 Å². The molecule has 124 valence electrons. The molecule has 1 atom stereocenters. The molecule has 22 heavy (non-hydrogen) atoms. The molecule has 1 N–H and O–H groups in total. The van der Waals surface area contributed by atoms with Gasteiger partial charge in [0, 0.05) is 26.7 Å². The largest absolute Gasteiger partial charge is 0.496 e. The first-order valence-electron chi connectivity index (χ1n) is 7.73. The minimum absolute atomic E-state index is 0. The van der Waals surface area contributed by atoms with E-state index in [4.69, 9.17) is 4.74 Å². The SMILES string of the molecule is CN=C(NCc1ccc(C)c(OC)c1)N1CCCC(C)C1.I. The van der Waals surface area contributed by atoms with Gasteiger partial charge in [-0.3, -0.25) is 4.99 Å². The number of methoxy groups -OCH3 is 1. The van der Waals surface area contributed by atoms with Crippen LogP contribution in [-0.4, -0.2) is 38.1 Å². The molecule has 1 aliphatic rings. The number of aliphatic imine (C=N–C) groups is 1. The Balaban J connectivity index is 0.00000242. The Bertz CT molecular complexity index is 505. The summed E-state index contributed by atoms with van der Waals surface area (Å²) in [7, 11) is 3.57. The van der Waals surface area contributed by atoms with Gasteiger partial charge in [0.25, 0.3) is 0 Å². The summed E-state index contributed by atoms with van der Waals surface area (Å²) in [6.45, 7) is 7.33. The van der Waals surface area contributed by atoms with Gasteiger partial charge in [-0.05, 0) is 42.9 Å². The Kier molecular flexibility index (Phi) is 8.00. The summed E-state index contributed by atoms with van der Waals surface area (Å²) < 4.78 is 5.38. The third kappa shape index (κ3) is 5.04. The number of aryl methyl sites for hydroxylation is 1. The molecule has 0 aromatic heterocycles. The highest BCUT2D eigenvalue weighted by Gasteiger charge is 2.18. The summed E-state index contributed by atoms with van der Waals surface area (Å²) in [4.78, 5) is 6.78. The van der Waals surface area contributed by atoms with E-state index >= 15 is 0 Å². The summed E-state index contributed by atoms with van der Waals surface area (Å²) in [5.74, 6) is 2.69. The number of hydrogen-bond acceptors (Lipinski definition) is 2. The molecule has 0 aliphatic carbocycles. The van der Waals surface area contributed by atoms with Gasteiger partial charge in [0.2, 0.25) is 0 Å². The van der Waals surface area contributed by atoms with Crippen molar-refractivity contribution in [3.63, 3.8) is 0 Å². The second kappa shape index (κ2) is 9.22. The molecule has 0 amide bonds. The predicted molar refractivity (Wildman–Crippen MR) is 103 cm³/mol. The molecule has 1 fully saturated rings. The van der Waals surface area contributed by atoms with Crippen LogP contribution in [-0.2, 0) is 6.54 Å². The van der Waals surface area contributed by atoms with Crippen molar-refractivity contribution < 1.29 is 4.74 Å². The zero-order valence-electron chi connectivity index (χ0n) is 14.1. The number of benzene rings is 1. The molecule has 0 bridgehead atoms. The number of ether oxygens (including phenoxy) is 1. The van der Waals surface area contributed by atoms with Crippen LogP contribution in [0.5, 0.6) is 5.75 Å². The van der Waals surface area contributed by atoms with Crippen molar-refractivity contribution in [2.24, 2.45) is 10.9 Å². The first-order chi connectivity index (χ1) is 10.1. The van der Waals surface area contributed by atoms with Crippen LogP contribution in [0.15, 0.2) is 23.2 Å². The molecule has 1 aromatic carbocycles. The van der Waals surface area contributed by atoms with Crippen LogP contribution in [0.3, 0.4) is 0 Å². The van der Waals surface area contributed by atoms with Gasteiger partial charge >= 0.3 is 0 Å². The van der Waals surface area contributed by atoms with Gasteiger partial charge in [0.05, 0.1) is 7.11 Å². The van der Waals surface area contributed by atoms with E-state index in [0.29, 0.717) is 0 Å². The van der Waals surface area contributed by atoms with E-state index in [2.05, 4.69) is 47.3 Å². The summed E-state index contributed by atoms with van der Waals surface area (Å²) in [5, 5.41) is 3.47. The van der Waals surface area contributed by atoms with Crippen LogP contribution in [0.1, 0.15) is 30.9 Å². The van der Waals surface area contributed by atoms with Crippen molar-refractivity contribution in [1.82, 2.24) is 10.2 Å². The monoisotopic (exact) mass is 417 g/mol. The van der Waals surface area contributed by atoms with E-state index in [1.54, 1.807) is 7.11 Å². The minimum atomic E-state index is 0. The molecule has 1 saturated heterocycles. The second-order valence-corrected chi connectivity index (χ2v) is 5.90. The zero-order valence-corrected chi connectivity index (χ0v) is 16.4. The molecule has 1 unspecified atom stereocenters. The number of rotatable bonds is 3. The molecule has 5 heteroatoms. The Hall–Kier alpha value is -0.980. The lowest BCUT2D eigenvalue weighted by Crippen LogP contribution is -2.45. The van der Waals surface area contributed by atoms with Crippen molar-refractivity contribution in [1.29, 1.82) is 0 Å². The lowest BCUT2D eigenvalue weighted by Gasteiger charge is -2.33. The fraction of sp³-hybridized carbons (Fsp3) is 0.588.